The van der Waals surface area contributed by atoms with Gasteiger partial charge in [0.2, 0.25) is 0 Å². The van der Waals surface area contributed by atoms with E-state index in [-0.39, 0.29) is 44.7 Å². The minimum absolute atomic E-state index is 0.0463. The van der Waals surface area contributed by atoms with Crippen LogP contribution in [0.2, 0.25) is 0 Å². The van der Waals surface area contributed by atoms with E-state index in [4.69, 9.17) is 20.4 Å². The third-order valence-corrected chi connectivity index (χ3v) is 2.56. The first-order valence-corrected chi connectivity index (χ1v) is 6.55. The summed E-state index contributed by atoms with van der Waals surface area (Å²) in [5, 5.41) is 34.8. The lowest BCUT2D eigenvalue weighted by molar-refractivity contribution is -0.133. The number of aromatic nitrogens is 3. The second-order valence-electron chi connectivity index (χ2n) is 4.17. The Hall–Kier alpha value is -2.50. The molecular weight excluding hydrogens is 314 g/mol. The first kappa shape index (κ1) is 20.5. The standard InChI is InChI=1S/C9H16O5.C3H3N3O3/c10-4-1-7(2-5-11)8(3-6-12)9(13)14;7-1-4-2(8)6-3(9)5-1/h10-12H,1-6H2,(H,13,14);(H3,4,5,6,7,8,9). The summed E-state index contributed by atoms with van der Waals surface area (Å²) in [7, 11) is 0. The zero-order chi connectivity index (χ0) is 17.8. The molecule has 0 saturated carbocycles. The topological polar surface area (TPSA) is 197 Å². The Morgan fingerprint density at radius 1 is 0.739 bits per heavy atom. The zero-order valence-electron chi connectivity index (χ0n) is 12.2. The molecule has 1 heterocycles. The van der Waals surface area contributed by atoms with Gasteiger partial charge in [0, 0.05) is 31.8 Å². The van der Waals surface area contributed by atoms with Crippen molar-refractivity contribution >= 4 is 5.97 Å². The molecule has 23 heavy (non-hydrogen) atoms. The molecule has 130 valence electrons. The Labute approximate surface area is 129 Å². The van der Waals surface area contributed by atoms with Crippen molar-refractivity contribution in [3.8, 4) is 0 Å². The van der Waals surface area contributed by atoms with E-state index in [1.165, 1.54) is 0 Å². The summed E-state index contributed by atoms with van der Waals surface area (Å²) >= 11 is 0. The Kier molecular flexibility index (Phi) is 9.91. The van der Waals surface area contributed by atoms with Gasteiger partial charge in [-0.1, -0.05) is 5.57 Å². The second kappa shape index (κ2) is 11.1. The van der Waals surface area contributed by atoms with Crippen molar-refractivity contribution in [3.05, 3.63) is 42.6 Å². The third-order valence-electron chi connectivity index (χ3n) is 2.56. The molecule has 0 unspecified atom stereocenters. The Morgan fingerprint density at radius 3 is 1.35 bits per heavy atom. The van der Waals surface area contributed by atoms with Crippen LogP contribution in [0.25, 0.3) is 0 Å². The SMILES string of the molecule is O=C(O)C(CCO)=C(CCO)CCO.O=c1[nH]c(=O)[nH]c(=O)[nH]1. The maximum absolute atomic E-state index is 10.7. The maximum atomic E-state index is 10.7. The van der Waals surface area contributed by atoms with E-state index in [2.05, 4.69) is 0 Å². The lowest BCUT2D eigenvalue weighted by Gasteiger charge is -2.09. The molecule has 0 aliphatic carbocycles. The molecular formula is C12H19N3O8. The molecule has 7 N–H and O–H groups in total. The van der Waals surface area contributed by atoms with Gasteiger partial charge >= 0.3 is 23.0 Å². The molecule has 11 nitrogen and oxygen atoms in total. The highest BCUT2D eigenvalue weighted by Gasteiger charge is 2.12. The number of aliphatic hydroxyl groups excluding tert-OH is 3. The number of hydrogen-bond acceptors (Lipinski definition) is 7. The summed E-state index contributed by atoms with van der Waals surface area (Å²) < 4.78 is 0. The molecule has 0 aromatic carbocycles. The number of carboxylic acid groups (broad SMARTS) is 1. The number of aliphatic hydroxyl groups is 3. The summed E-state index contributed by atoms with van der Waals surface area (Å²) in [6.45, 7) is -0.558. The third kappa shape index (κ3) is 8.50. The second-order valence-corrected chi connectivity index (χ2v) is 4.17. The molecule has 0 aliphatic heterocycles. The number of hydrogen-bond donors (Lipinski definition) is 7. The smallest absolute Gasteiger partial charge is 0.331 e. The van der Waals surface area contributed by atoms with E-state index in [9.17, 15) is 19.2 Å². The van der Waals surface area contributed by atoms with Crippen LogP contribution in [0, 0.1) is 0 Å². The highest BCUT2D eigenvalue weighted by atomic mass is 16.4. The van der Waals surface area contributed by atoms with Crippen LogP contribution < -0.4 is 17.1 Å². The lowest BCUT2D eigenvalue weighted by Crippen LogP contribution is -2.34. The number of carboxylic acids is 1. The summed E-state index contributed by atoms with van der Waals surface area (Å²) in [4.78, 5) is 46.7. The van der Waals surface area contributed by atoms with Crippen LogP contribution in [-0.4, -0.2) is 61.2 Å². The Balaban J connectivity index is 0.000000459. The average Bonchev–Trinajstić information content (AvgIpc) is 2.43. The number of carbonyl (C=O) groups is 1. The van der Waals surface area contributed by atoms with E-state index >= 15 is 0 Å². The predicted molar refractivity (Wildman–Crippen MR) is 78.1 cm³/mol. The van der Waals surface area contributed by atoms with E-state index in [0.717, 1.165) is 0 Å². The van der Waals surface area contributed by atoms with Gasteiger partial charge < -0.3 is 20.4 Å². The number of H-pyrrole nitrogens is 3. The number of aliphatic carboxylic acids is 1. The molecule has 1 aromatic heterocycles. The Bertz CT molecular complexity index is 598. The molecule has 11 heteroatoms. The molecule has 1 aromatic rings. The van der Waals surface area contributed by atoms with Gasteiger partial charge in [-0.3, -0.25) is 15.0 Å². The van der Waals surface area contributed by atoms with Gasteiger partial charge in [0.15, 0.2) is 0 Å². The zero-order valence-corrected chi connectivity index (χ0v) is 12.2. The van der Waals surface area contributed by atoms with Crippen molar-refractivity contribution in [2.45, 2.75) is 19.3 Å². The van der Waals surface area contributed by atoms with Crippen LogP contribution in [0.5, 0.6) is 0 Å². The van der Waals surface area contributed by atoms with Crippen molar-refractivity contribution in [1.82, 2.24) is 15.0 Å². The van der Waals surface area contributed by atoms with Crippen LogP contribution in [0.1, 0.15) is 19.3 Å². The van der Waals surface area contributed by atoms with Crippen molar-refractivity contribution < 1.29 is 25.2 Å². The summed E-state index contributed by atoms with van der Waals surface area (Å²) in [5.74, 6) is -1.10. The molecule has 0 aliphatic rings. The summed E-state index contributed by atoms with van der Waals surface area (Å²) in [6, 6.07) is 0. The summed E-state index contributed by atoms with van der Waals surface area (Å²) in [6.07, 6.45) is 0.495. The van der Waals surface area contributed by atoms with E-state index in [0.29, 0.717) is 5.57 Å². The van der Waals surface area contributed by atoms with Crippen LogP contribution >= 0.6 is 0 Å². The maximum Gasteiger partial charge on any atom is 0.331 e. The van der Waals surface area contributed by atoms with Crippen molar-refractivity contribution in [2.75, 3.05) is 19.8 Å². The van der Waals surface area contributed by atoms with Crippen LogP contribution in [0.15, 0.2) is 25.5 Å². The van der Waals surface area contributed by atoms with Crippen LogP contribution in [-0.2, 0) is 4.79 Å². The van der Waals surface area contributed by atoms with Gasteiger partial charge in [-0.2, -0.15) is 0 Å². The summed E-state index contributed by atoms with van der Waals surface area (Å²) in [5.41, 5.74) is -1.82. The van der Waals surface area contributed by atoms with Gasteiger partial charge in [0.25, 0.3) is 0 Å². The fraction of sp³-hybridized carbons (Fsp3) is 0.500. The predicted octanol–water partition coefficient (Wildman–Crippen LogP) is -2.73. The van der Waals surface area contributed by atoms with E-state index in [1.807, 2.05) is 0 Å². The average molecular weight is 333 g/mol. The fourth-order valence-corrected chi connectivity index (χ4v) is 1.65. The molecule has 0 bridgehead atoms. The molecule has 1 rings (SSSR count). The van der Waals surface area contributed by atoms with Crippen LogP contribution in [0.3, 0.4) is 0 Å². The quantitative estimate of drug-likeness (QED) is 0.261. The monoisotopic (exact) mass is 333 g/mol. The van der Waals surface area contributed by atoms with Crippen molar-refractivity contribution in [2.24, 2.45) is 0 Å². The highest BCUT2D eigenvalue weighted by Crippen LogP contribution is 2.16. The lowest BCUT2D eigenvalue weighted by atomic mass is 10.00. The fourth-order valence-electron chi connectivity index (χ4n) is 1.65. The highest BCUT2D eigenvalue weighted by molar-refractivity contribution is 5.87. The number of aromatic amines is 3. The van der Waals surface area contributed by atoms with E-state index in [1.54, 1.807) is 15.0 Å². The van der Waals surface area contributed by atoms with Crippen molar-refractivity contribution in [1.29, 1.82) is 0 Å². The molecule has 0 atom stereocenters. The van der Waals surface area contributed by atoms with E-state index < -0.39 is 23.0 Å². The molecule has 0 fully saturated rings. The minimum Gasteiger partial charge on any atom is -0.478 e. The molecule has 0 saturated heterocycles. The molecule has 0 spiro atoms. The first-order valence-electron chi connectivity index (χ1n) is 6.55. The largest absolute Gasteiger partial charge is 0.478 e. The Morgan fingerprint density at radius 2 is 1.09 bits per heavy atom. The first-order chi connectivity index (χ1) is 10.8. The van der Waals surface area contributed by atoms with Crippen LogP contribution in [0.4, 0.5) is 0 Å². The van der Waals surface area contributed by atoms with Gasteiger partial charge in [-0.05, 0) is 12.8 Å². The number of rotatable bonds is 7. The van der Waals surface area contributed by atoms with Gasteiger partial charge in [-0.25, -0.2) is 19.2 Å². The molecule has 0 radical (unpaired) electrons. The number of nitrogens with one attached hydrogen (secondary N) is 3. The van der Waals surface area contributed by atoms with Gasteiger partial charge in [0.1, 0.15) is 0 Å². The van der Waals surface area contributed by atoms with Gasteiger partial charge in [0.05, 0.1) is 0 Å². The normalized spacial score (nSPS) is 9.70. The molecule has 0 amide bonds. The minimum atomic E-state index is -1.10. The van der Waals surface area contributed by atoms with Gasteiger partial charge in [-0.15, -0.1) is 0 Å². The van der Waals surface area contributed by atoms with Crippen molar-refractivity contribution in [3.63, 3.8) is 0 Å².